The zero-order valence-electron chi connectivity index (χ0n) is 11.4. The molecule has 0 heterocycles. The third kappa shape index (κ3) is 3.61. The second-order valence-electron chi connectivity index (χ2n) is 4.34. The van der Waals surface area contributed by atoms with Crippen LogP contribution in [0.4, 0.5) is 0 Å². The van der Waals surface area contributed by atoms with Crippen LogP contribution in [0.1, 0.15) is 22.8 Å². The average molecular weight is 335 g/mol. The van der Waals surface area contributed by atoms with Gasteiger partial charge in [0.2, 0.25) is 0 Å². The second kappa shape index (κ2) is 6.57. The minimum Gasteiger partial charge on any atom is -0.497 e. The molecular formula is C16H15BrO3. The fourth-order valence-electron chi connectivity index (χ4n) is 1.83. The summed E-state index contributed by atoms with van der Waals surface area (Å²) in [7, 11) is 1.58. The van der Waals surface area contributed by atoms with Crippen molar-refractivity contribution >= 4 is 21.7 Å². The lowest BCUT2D eigenvalue weighted by atomic mass is 10.1. The van der Waals surface area contributed by atoms with Gasteiger partial charge in [-0.15, -0.1) is 0 Å². The van der Waals surface area contributed by atoms with Crippen molar-refractivity contribution in [1.82, 2.24) is 0 Å². The molecule has 0 aliphatic carbocycles. The summed E-state index contributed by atoms with van der Waals surface area (Å²) in [6, 6.07) is 13.1. The van der Waals surface area contributed by atoms with E-state index in [1.807, 2.05) is 24.3 Å². The minimum atomic E-state index is -0.0307. The molecule has 0 spiro atoms. The van der Waals surface area contributed by atoms with E-state index in [1.165, 1.54) is 6.92 Å². The van der Waals surface area contributed by atoms with Gasteiger partial charge in [0.25, 0.3) is 0 Å². The van der Waals surface area contributed by atoms with E-state index in [-0.39, 0.29) is 5.78 Å². The molecule has 2 aromatic carbocycles. The van der Waals surface area contributed by atoms with Gasteiger partial charge in [0.1, 0.15) is 18.1 Å². The standard InChI is InChI=1S/C16H15BrO3/c1-11(18)15-7-6-14(19-2)9-16(15)20-10-12-4-3-5-13(17)8-12/h3-9H,10H2,1-2H3. The number of rotatable bonds is 5. The first-order chi connectivity index (χ1) is 9.60. The van der Waals surface area contributed by atoms with E-state index in [2.05, 4.69) is 15.9 Å². The number of ketones is 1. The third-order valence-corrected chi connectivity index (χ3v) is 3.34. The first kappa shape index (κ1) is 14.6. The Kier molecular flexibility index (Phi) is 4.79. The van der Waals surface area contributed by atoms with E-state index in [0.29, 0.717) is 23.7 Å². The molecule has 0 saturated heterocycles. The smallest absolute Gasteiger partial charge is 0.163 e. The van der Waals surface area contributed by atoms with Gasteiger partial charge in [0, 0.05) is 10.5 Å². The SMILES string of the molecule is COc1ccc(C(C)=O)c(OCc2cccc(Br)c2)c1. The molecule has 104 valence electrons. The van der Waals surface area contributed by atoms with Crippen molar-refractivity contribution < 1.29 is 14.3 Å². The highest BCUT2D eigenvalue weighted by Gasteiger charge is 2.10. The second-order valence-corrected chi connectivity index (χ2v) is 5.25. The lowest BCUT2D eigenvalue weighted by molar-refractivity contribution is 0.101. The average Bonchev–Trinajstić information content (AvgIpc) is 2.44. The quantitative estimate of drug-likeness (QED) is 0.767. The van der Waals surface area contributed by atoms with Gasteiger partial charge >= 0.3 is 0 Å². The molecule has 3 nitrogen and oxygen atoms in total. The van der Waals surface area contributed by atoms with Crippen LogP contribution in [0.2, 0.25) is 0 Å². The molecule has 0 aliphatic heterocycles. The largest absolute Gasteiger partial charge is 0.497 e. The van der Waals surface area contributed by atoms with E-state index in [9.17, 15) is 4.79 Å². The molecule has 0 unspecified atom stereocenters. The van der Waals surface area contributed by atoms with Gasteiger partial charge in [-0.25, -0.2) is 0 Å². The molecular weight excluding hydrogens is 320 g/mol. The van der Waals surface area contributed by atoms with Crippen molar-refractivity contribution in [3.05, 3.63) is 58.1 Å². The maximum Gasteiger partial charge on any atom is 0.163 e. The highest BCUT2D eigenvalue weighted by molar-refractivity contribution is 9.10. The zero-order chi connectivity index (χ0) is 14.5. The number of hydrogen-bond acceptors (Lipinski definition) is 3. The first-order valence-corrected chi connectivity index (χ1v) is 6.95. The molecule has 0 atom stereocenters. The molecule has 20 heavy (non-hydrogen) atoms. The van der Waals surface area contributed by atoms with E-state index in [1.54, 1.807) is 25.3 Å². The van der Waals surface area contributed by atoms with Gasteiger partial charge in [0.15, 0.2) is 5.78 Å². The summed E-state index contributed by atoms with van der Waals surface area (Å²) in [5, 5.41) is 0. The number of hydrogen-bond donors (Lipinski definition) is 0. The molecule has 4 heteroatoms. The molecule has 0 aliphatic rings. The monoisotopic (exact) mass is 334 g/mol. The molecule has 2 rings (SSSR count). The van der Waals surface area contributed by atoms with Crippen molar-refractivity contribution in [3.63, 3.8) is 0 Å². The fourth-order valence-corrected chi connectivity index (χ4v) is 2.27. The third-order valence-electron chi connectivity index (χ3n) is 2.85. The highest BCUT2D eigenvalue weighted by atomic mass is 79.9. The van der Waals surface area contributed by atoms with Crippen LogP contribution >= 0.6 is 15.9 Å². The topological polar surface area (TPSA) is 35.5 Å². The molecule has 0 bridgehead atoms. The van der Waals surface area contributed by atoms with Crippen LogP contribution in [-0.4, -0.2) is 12.9 Å². The van der Waals surface area contributed by atoms with Crippen molar-refractivity contribution in [2.45, 2.75) is 13.5 Å². The fraction of sp³-hybridized carbons (Fsp3) is 0.188. The first-order valence-electron chi connectivity index (χ1n) is 6.16. The lowest BCUT2D eigenvalue weighted by Gasteiger charge is -2.11. The van der Waals surface area contributed by atoms with Gasteiger partial charge in [-0.3, -0.25) is 4.79 Å². The van der Waals surface area contributed by atoms with Crippen molar-refractivity contribution in [1.29, 1.82) is 0 Å². The summed E-state index contributed by atoms with van der Waals surface area (Å²) in [5.41, 5.74) is 1.58. The van der Waals surface area contributed by atoms with Gasteiger partial charge in [-0.2, -0.15) is 0 Å². The van der Waals surface area contributed by atoms with Crippen LogP contribution in [0, 0.1) is 0 Å². The van der Waals surface area contributed by atoms with Crippen molar-refractivity contribution in [2.24, 2.45) is 0 Å². The molecule has 0 amide bonds. The number of Topliss-reactive ketones (excluding diaryl/α,β-unsaturated/α-hetero) is 1. The number of carbonyl (C=O) groups is 1. The van der Waals surface area contributed by atoms with Gasteiger partial charge in [0.05, 0.1) is 12.7 Å². The van der Waals surface area contributed by atoms with Gasteiger partial charge in [-0.05, 0) is 36.8 Å². The summed E-state index contributed by atoms with van der Waals surface area (Å²) in [4.78, 5) is 11.6. The lowest BCUT2D eigenvalue weighted by Crippen LogP contribution is -2.02. The predicted octanol–water partition coefficient (Wildman–Crippen LogP) is 4.24. The molecule has 0 saturated carbocycles. The Morgan fingerprint density at radius 1 is 1.20 bits per heavy atom. The minimum absolute atomic E-state index is 0.0307. The Bertz CT molecular complexity index is 623. The van der Waals surface area contributed by atoms with Crippen molar-refractivity contribution in [2.75, 3.05) is 7.11 Å². The van der Waals surface area contributed by atoms with E-state index < -0.39 is 0 Å². The van der Waals surface area contributed by atoms with E-state index >= 15 is 0 Å². The summed E-state index contributed by atoms with van der Waals surface area (Å²) >= 11 is 3.42. The predicted molar refractivity (Wildman–Crippen MR) is 81.5 cm³/mol. The highest BCUT2D eigenvalue weighted by Crippen LogP contribution is 2.26. The summed E-state index contributed by atoms with van der Waals surface area (Å²) in [6.45, 7) is 1.92. The van der Waals surface area contributed by atoms with Crippen LogP contribution in [0.3, 0.4) is 0 Å². The Balaban J connectivity index is 2.21. The van der Waals surface area contributed by atoms with Crippen LogP contribution in [0.15, 0.2) is 46.9 Å². The number of halogens is 1. The summed E-state index contributed by atoms with van der Waals surface area (Å²) < 4.78 is 11.9. The molecule has 0 aromatic heterocycles. The number of benzene rings is 2. The Morgan fingerprint density at radius 3 is 2.65 bits per heavy atom. The van der Waals surface area contributed by atoms with Crippen molar-refractivity contribution in [3.8, 4) is 11.5 Å². The molecule has 2 aromatic rings. The number of methoxy groups -OCH3 is 1. The molecule has 0 radical (unpaired) electrons. The van der Waals surface area contributed by atoms with Crippen LogP contribution < -0.4 is 9.47 Å². The normalized spacial score (nSPS) is 10.2. The van der Waals surface area contributed by atoms with Gasteiger partial charge in [-0.1, -0.05) is 28.1 Å². The van der Waals surface area contributed by atoms with E-state index in [4.69, 9.17) is 9.47 Å². The van der Waals surface area contributed by atoms with E-state index in [0.717, 1.165) is 10.0 Å². The summed E-state index contributed by atoms with van der Waals surface area (Å²) in [6.07, 6.45) is 0. The Morgan fingerprint density at radius 2 is 2.00 bits per heavy atom. The van der Waals surface area contributed by atoms with Crippen LogP contribution in [0.25, 0.3) is 0 Å². The Hall–Kier alpha value is -1.81. The molecule has 0 fully saturated rings. The van der Waals surface area contributed by atoms with Crippen LogP contribution in [-0.2, 0) is 6.61 Å². The number of carbonyl (C=O) groups excluding carboxylic acids is 1. The maximum atomic E-state index is 11.6. The zero-order valence-corrected chi connectivity index (χ0v) is 12.9. The van der Waals surface area contributed by atoms with Gasteiger partial charge < -0.3 is 9.47 Å². The van der Waals surface area contributed by atoms with Crippen LogP contribution in [0.5, 0.6) is 11.5 Å². The molecule has 0 N–H and O–H groups in total. The summed E-state index contributed by atoms with van der Waals surface area (Å²) in [5.74, 6) is 1.17. The Labute approximate surface area is 126 Å². The number of ether oxygens (including phenoxy) is 2. The maximum absolute atomic E-state index is 11.6.